The number of carbonyl (C=O) groups excluding carboxylic acids is 2. The van der Waals surface area contributed by atoms with E-state index in [1.54, 1.807) is 23.4 Å². The first kappa shape index (κ1) is 22.3. The largest absolute Gasteiger partial charge is 0.353 e. The van der Waals surface area contributed by atoms with Crippen molar-refractivity contribution < 1.29 is 9.59 Å². The average molecular weight is 458 g/mol. The SMILES string of the molecule is O=C(N[C@H]1CC[C@H](c2ccccc2)CC1)C1CCN(C(=O)c2cc(-c3ccncc3)[nH]n2)CC1. The maximum atomic E-state index is 12.9. The Hall–Kier alpha value is -3.48. The standard InChI is InChI=1S/C27H31N5O2/c33-26(29-23-8-6-20(7-9-23)19-4-2-1-3-5-19)22-12-16-32(17-13-22)27(34)25-18-24(30-31-25)21-10-14-28-15-11-21/h1-5,10-11,14-15,18,20,22-23H,6-9,12-13,16-17H2,(H,29,33)(H,30,31)/t20-,23-. The molecule has 1 aromatic carbocycles. The van der Waals surface area contributed by atoms with Crippen molar-refractivity contribution in [3.8, 4) is 11.3 Å². The molecular formula is C27H31N5O2. The molecule has 3 heterocycles. The van der Waals surface area contributed by atoms with Gasteiger partial charge in [0.05, 0.1) is 5.69 Å². The lowest BCUT2D eigenvalue weighted by molar-refractivity contribution is -0.127. The highest BCUT2D eigenvalue weighted by Gasteiger charge is 2.31. The average Bonchev–Trinajstić information content (AvgIpc) is 3.40. The molecule has 1 saturated heterocycles. The number of amides is 2. The molecule has 2 N–H and O–H groups in total. The van der Waals surface area contributed by atoms with Gasteiger partial charge in [0.25, 0.3) is 5.91 Å². The number of nitrogens with one attached hydrogen (secondary N) is 2. The quantitative estimate of drug-likeness (QED) is 0.602. The van der Waals surface area contributed by atoms with Crippen LogP contribution in [0.15, 0.2) is 60.9 Å². The predicted octanol–water partition coefficient (Wildman–Crippen LogP) is 4.17. The minimum Gasteiger partial charge on any atom is -0.353 e. The summed E-state index contributed by atoms with van der Waals surface area (Å²) >= 11 is 0. The summed E-state index contributed by atoms with van der Waals surface area (Å²) in [4.78, 5) is 31.6. The molecule has 0 radical (unpaired) electrons. The number of rotatable bonds is 5. The van der Waals surface area contributed by atoms with Crippen LogP contribution in [0.2, 0.25) is 0 Å². The van der Waals surface area contributed by atoms with E-state index in [1.165, 1.54) is 5.56 Å². The van der Waals surface area contributed by atoms with Crippen LogP contribution >= 0.6 is 0 Å². The van der Waals surface area contributed by atoms with Gasteiger partial charge in [0.2, 0.25) is 5.91 Å². The minimum absolute atomic E-state index is 0.0255. The van der Waals surface area contributed by atoms with E-state index in [1.807, 2.05) is 12.1 Å². The van der Waals surface area contributed by atoms with Crippen molar-refractivity contribution in [1.29, 1.82) is 0 Å². The highest BCUT2D eigenvalue weighted by atomic mass is 16.2. The zero-order valence-corrected chi connectivity index (χ0v) is 19.3. The molecule has 2 aromatic heterocycles. The fourth-order valence-corrected chi connectivity index (χ4v) is 5.23. The molecule has 1 aliphatic carbocycles. The number of hydrogen-bond acceptors (Lipinski definition) is 4. The van der Waals surface area contributed by atoms with Gasteiger partial charge in [-0.1, -0.05) is 30.3 Å². The smallest absolute Gasteiger partial charge is 0.274 e. The van der Waals surface area contributed by atoms with E-state index in [9.17, 15) is 9.59 Å². The van der Waals surface area contributed by atoms with Gasteiger partial charge in [0.1, 0.15) is 0 Å². The Morgan fingerprint density at radius 2 is 1.62 bits per heavy atom. The summed E-state index contributed by atoms with van der Waals surface area (Å²) < 4.78 is 0. The van der Waals surface area contributed by atoms with Crippen LogP contribution in [0, 0.1) is 5.92 Å². The van der Waals surface area contributed by atoms with E-state index in [-0.39, 0.29) is 23.8 Å². The van der Waals surface area contributed by atoms with Gasteiger partial charge < -0.3 is 10.2 Å². The molecule has 0 atom stereocenters. The second kappa shape index (κ2) is 10.2. The van der Waals surface area contributed by atoms with Crippen molar-refractivity contribution in [2.75, 3.05) is 13.1 Å². The number of aromatic amines is 1. The molecule has 176 valence electrons. The molecular weight excluding hydrogens is 426 g/mol. The van der Waals surface area contributed by atoms with E-state index in [2.05, 4.69) is 50.8 Å². The molecule has 1 saturated carbocycles. The van der Waals surface area contributed by atoms with Gasteiger partial charge in [-0.05, 0) is 68.2 Å². The van der Waals surface area contributed by atoms with Crippen LogP contribution in [-0.2, 0) is 4.79 Å². The number of benzene rings is 1. The highest BCUT2D eigenvalue weighted by molar-refractivity contribution is 5.93. The van der Waals surface area contributed by atoms with Crippen molar-refractivity contribution in [2.45, 2.75) is 50.5 Å². The Balaban J connectivity index is 1.08. The van der Waals surface area contributed by atoms with Crippen molar-refractivity contribution in [3.63, 3.8) is 0 Å². The lowest BCUT2D eigenvalue weighted by atomic mass is 9.81. The third kappa shape index (κ3) is 5.03. The number of carbonyl (C=O) groups is 2. The van der Waals surface area contributed by atoms with Gasteiger partial charge >= 0.3 is 0 Å². The first-order chi connectivity index (χ1) is 16.7. The molecule has 0 spiro atoms. The lowest BCUT2D eigenvalue weighted by Gasteiger charge is -2.33. The first-order valence-corrected chi connectivity index (χ1v) is 12.3. The van der Waals surface area contributed by atoms with E-state index in [0.717, 1.165) is 36.9 Å². The summed E-state index contributed by atoms with van der Waals surface area (Å²) in [5.41, 5.74) is 3.55. The van der Waals surface area contributed by atoms with Gasteiger partial charge in [-0.25, -0.2) is 0 Å². The first-order valence-electron chi connectivity index (χ1n) is 12.3. The summed E-state index contributed by atoms with van der Waals surface area (Å²) in [6.45, 7) is 1.16. The second-order valence-electron chi connectivity index (χ2n) is 9.44. The number of pyridine rings is 1. The minimum atomic E-state index is -0.0883. The Bertz CT molecular complexity index is 1100. The Morgan fingerprint density at radius 1 is 0.912 bits per heavy atom. The van der Waals surface area contributed by atoms with Crippen LogP contribution in [0.5, 0.6) is 0 Å². The molecule has 7 nitrogen and oxygen atoms in total. The zero-order chi connectivity index (χ0) is 23.3. The van der Waals surface area contributed by atoms with Crippen molar-refractivity contribution in [1.82, 2.24) is 25.4 Å². The Kier molecular flexibility index (Phi) is 6.70. The molecule has 2 aliphatic rings. The summed E-state index contributed by atoms with van der Waals surface area (Å²) in [6.07, 6.45) is 9.10. The molecule has 2 amide bonds. The normalized spacial score (nSPS) is 21.2. The van der Waals surface area contributed by atoms with Crippen LogP contribution in [0.1, 0.15) is 60.5 Å². The molecule has 1 aliphatic heterocycles. The zero-order valence-electron chi connectivity index (χ0n) is 19.3. The van der Waals surface area contributed by atoms with Crippen molar-refractivity contribution in [2.24, 2.45) is 5.92 Å². The van der Waals surface area contributed by atoms with Crippen LogP contribution in [0.25, 0.3) is 11.3 Å². The van der Waals surface area contributed by atoms with E-state index in [4.69, 9.17) is 0 Å². The highest BCUT2D eigenvalue weighted by Crippen LogP contribution is 2.33. The molecule has 5 rings (SSSR count). The van der Waals surface area contributed by atoms with Crippen LogP contribution in [-0.4, -0.2) is 51.0 Å². The number of aromatic nitrogens is 3. The maximum absolute atomic E-state index is 12.9. The molecule has 7 heteroatoms. The fraction of sp³-hybridized carbons (Fsp3) is 0.407. The molecule has 2 fully saturated rings. The van der Waals surface area contributed by atoms with Crippen LogP contribution in [0.4, 0.5) is 0 Å². The summed E-state index contributed by atoms with van der Waals surface area (Å²) in [6, 6.07) is 16.5. The van der Waals surface area contributed by atoms with Gasteiger partial charge in [0, 0.05) is 43.0 Å². The molecule has 34 heavy (non-hydrogen) atoms. The third-order valence-corrected chi connectivity index (χ3v) is 7.29. The van der Waals surface area contributed by atoms with E-state index < -0.39 is 0 Å². The number of hydrogen-bond donors (Lipinski definition) is 2. The van der Waals surface area contributed by atoms with E-state index in [0.29, 0.717) is 37.5 Å². The maximum Gasteiger partial charge on any atom is 0.274 e. The van der Waals surface area contributed by atoms with Crippen molar-refractivity contribution >= 4 is 11.8 Å². The van der Waals surface area contributed by atoms with Crippen molar-refractivity contribution in [3.05, 3.63) is 72.2 Å². The fourth-order valence-electron chi connectivity index (χ4n) is 5.23. The Morgan fingerprint density at radius 3 is 2.32 bits per heavy atom. The number of nitrogens with zero attached hydrogens (tertiary/aromatic N) is 3. The molecule has 0 unspecified atom stereocenters. The topological polar surface area (TPSA) is 91.0 Å². The van der Waals surface area contributed by atoms with Gasteiger partial charge in [0.15, 0.2) is 5.69 Å². The predicted molar refractivity (Wildman–Crippen MR) is 130 cm³/mol. The molecule has 0 bridgehead atoms. The van der Waals surface area contributed by atoms with Crippen LogP contribution in [0.3, 0.4) is 0 Å². The number of piperidine rings is 1. The summed E-state index contributed by atoms with van der Waals surface area (Å²) in [5, 5.41) is 10.4. The summed E-state index contributed by atoms with van der Waals surface area (Å²) in [5.74, 6) is 0.636. The Labute approximate surface area is 200 Å². The van der Waals surface area contributed by atoms with Gasteiger partial charge in [-0.15, -0.1) is 0 Å². The number of likely N-dealkylation sites (tertiary alicyclic amines) is 1. The number of H-pyrrole nitrogens is 1. The second-order valence-corrected chi connectivity index (χ2v) is 9.44. The van der Waals surface area contributed by atoms with Gasteiger partial charge in [-0.2, -0.15) is 5.10 Å². The van der Waals surface area contributed by atoms with Crippen LogP contribution < -0.4 is 5.32 Å². The lowest BCUT2D eigenvalue weighted by Crippen LogP contribution is -2.46. The third-order valence-electron chi connectivity index (χ3n) is 7.29. The van der Waals surface area contributed by atoms with Gasteiger partial charge in [-0.3, -0.25) is 19.7 Å². The van der Waals surface area contributed by atoms with E-state index >= 15 is 0 Å². The summed E-state index contributed by atoms with van der Waals surface area (Å²) in [7, 11) is 0. The molecule has 3 aromatic rings. The monoisotopic (exact) mass is 457 g/mol.